The molecule has 8 nitrogen and oxygen atoms in total. The molecule has 0 spiro atoms. The van der Waals surface area contributed by atoms with Gasteiger partial charge in [0, 0.05) is 43.0 Å². The van der Waals surface area contributed by atoms with Gasteiger partial charge < -0.3 is 15.2 Å². The number of hydrogen-bond donors (Lipinski definition) is 1. The molecular formula is C30H34N6O2. The molecule has 1 aliphatic heterocycles. The molecule has 0 aliphatic carbocycles. The van der Waals surface area contributed by atoms with E-state index >= 15 is 0 Å². The number of nitriles is 1. The second kappa shape index (κ2) is 10.8. The Morgan fingerprint density at radius 3 is 2.50 bits per heavy atom. The van der Waals surface area contributed by atoms with Gasteiger partial charge >= 0.3 is 0 Å². The Morgan fingerprint density at radius 2 is 1.87 bits per heavy atom. The Balaban J connectivity index is 1.33. The number of ether oxygens (including phenoxy) is 2. The van der Waals surface area contributed by atoms with Crippen molar-refractivity contribution in [3.05, 3.63) is 77.7 Å². The van der Waals surface area contributed by atoms with Crippen molar-refractivity contribution >= 4 is 5.52 Å². The summed E-state index contributed by atoms with van der Waals surface area (Å²) in [5.41, 5.74) is 12.1. The molecule has 0 saturated carbocycles. The minimum Gasteiger partial charge on any atom is -0.492 e. The standard InChI is InChI=1S/C30H34N6O2/c1-21(2)20-38-26-14-27(29-24(15-31)17-34-36(29)19-26)23-5-7-25(8-6-23)30(32)10-12-35(13-11-30)18-22-4-9-28(37-3)33-16-22/h4-9,14,16-17,19,21H,10-13,18,20,32H2,1-3H3. The van der Waals surface area contributed by atoms with Crippen molar-refractivity contribution < 1.29 is 9.47 Å². The van der Waals surface area contributed by atoms with Crippen molar-refractivity contribution in [3.63, 3.8) is 0 Å². The second-order valence-corrected chi connectivity index (χ2v) is 10.5. The van der Waals surface area contributed by atoms with E-state index in [4.69, 9.17) is 15.2 Å². The molecule has 1 fully saturated rings. The summed E-state index contributed by atoms with van der Waals surface area (Å²) in [4.78, 5) is 6.74. The van der Waals surface area contributed by atoms with Crippen LogP contribution in [0.3, 0.4) is 0 Å². The number of hydrogen-bond acceptors (Lipinski definition) is 7. The molecular weight excluding hydrogens is 476 g/mol. The van der Waals surface area contributed by atoms with Gasteiger partial charge in [-0.25, -0.2) is 9.50 Å². The quantitative estimate of drug-likeness (QED) is 0.365. The summed E-state index contributed by atoms with van der Waals surface area (Å²) in [5.74, 6) is 1.76. The van der Waals surface area contributed by atoms with E-state index in [0.717, 1.165) is 60.4 Å². The zero-order valence-corrected chi connectivity index (χ0v) is 22.2. The number of piperidine rings is 1. The van der Waals surface area contributed by atoms with Crippen LogP contribution in [0.25, 0.3) is 16.6 Å². The first-order valence-corrected chi connectivity index (χ1v) is 13.0. The fourth-order valence-electron chi connectivity index (χ4n) is 5.00. The van der Waals surface area contributed by atoms with Gasteiger partial charge in [0.1, 0.15) is 11.8 Å². The van der Waals surface area contributed by atoms with Crippen LogP contribution in [0.5, 0.6) is 11.6 Å². The number of methoxy groups -OCH3 is 1. The summed E-state index contributed by atoms with van der Waals surface area (Å²) in [7, 11) is 1.63. The lowest BCUT2D eigenvalue weighted by molar-refractivity contribution is 0.155. The van der Waals surface area contributed by atoms with Gasteiger partial charge in [-0.2, -0.15) is 10.4 Å². The summed E-state index contributed by atoms with van der Waals surface area (Å²) in [6, 6.07) is 16.7. The fraction of sp³-hybridized carbons (Fsp3) is 0.367. The lowest BCUT2D eigenvalue weighted by Crippen LogP contribution is -2.47. The highest BCUT2D eigenvalue weighted by Crippen LogP contribution is 2.35. The van der Waals surface area contributed by atoms with Crippen LogP contribution in [0.1, 0.15) is 43.4 Å². The molecule has 0 radical (unpaired) electrons. The summed E-state index contributed by atoms with van der Waals surface area (Å²) >= 11 is 0. The van der Waals surface area contributed by atoms with Gasteiger partial charge in [0.2, 0.25) is 5.88 Å². The lowest BCUT2D eigenvalue weighted by atomic mass is 9.81. The third kappa shape index (κ3) is 5.35. The molecule has 4 aromatic rings. The van der Waals surface area contributed by atoms with Gasteiger partial charge in [-0.05, 0) is 41.5 Å². The van der Waals surface area contributed by atoms with Crippen molar-refractivity contribution in [2.24, 2.45) is 11.7 Å². The Hall–Kier alpha value is -3.93. The molecule has 0 unspecified atom stereocenters. The monoisotopic (exact) mass is 510 g/mol. The third-order valence-electron chi connectivity index (χ3n) is 7.22. The predicted octanol–water partition coefficient (Wildman–Crippen LogP) is 4.76. The Kier molecular flexibility index (Phi) is 7.32. The number of pyridine rings is 2. The maximum atomic E-state index is 9.66. The van der Waals surface area contributed by atoms with Crippen LogP contribution in [-0.4, -0.2) is 46.3 Å². The van der Waals surface area contributed by atoms with Crippen LogP contribution in [0, 0.1) is 17.2 Å². The van der Waals surface area contributed by atoms with E-state index in [1.165, 1.54) is 5.56 Å². The maximum absolute atomic E-state index is 9.66. The van der Waals surface area contributed by atoms with E-state index in [1.807, 2.05) is 24.5 Å². The maximum Gasteiger partial charge on any atom is 0.212 e. The summed E-state index contributed by atoms with van der Waals surface area (Å²) < 4.78 is 12.9. The SMILES string of the molecule is COc1ccc(CN2CCC(N)(c3ccc(-c4cc(OCC(C)C)cn5ncc(C#N)c45)cc3)CC2)cn1. The van der Waals surface area contributed by atoms with Crippen molar-refractivity contribution in [1.82, 2.24) is 19.5 Å². The minimum absolute atomic E-state index is 0.376. The van der Waals surface area contributed by atoms with E-state index in [2.05, 4.69) is 65.2 Å². The van der Waals surface area contributed by atoms with Crippen LogP contribution in [0.15, 0.2) is 61.1 Å². The number of fused-ring (bicyclic) bond motifs is 1. The van der Waals surface area contributed by atoms with Crippen LogP contribution in [0.2, 0.25) is 0 Å². The average Bonchev–Trinajstić information content (AvgIpc) is 3.36. The number of aromatic nitrogens is 3. The number of likely N-dealkylation sites (tertiary alicyclic amines) is 1. The molecule has 1 saturated heterocycles. The third-order valence-corrected chi connectivity index (χ3v) is 7.22. The Morgan fingerprint density at radius 1 is 1.11 bits per heavy atom. The first kappa shape index (κ1) is 25.7. The molecule has 38 heavy (non-hydrogen) atoms. The smallest absolute Gasteiger partial charge is 0.212 e. The molecule has 2 N–H and O–H groups in total. The summed E-state index contributed by atoms with van der Waals surface area (Å²) in [6.45, 7) is 7.53. The van der Waals surface area contributed by atoms with Crippen molar-refractivity contribution in [2.45, 2.75) is 38.8 Å². The van der Waals surface area contributed by atoms with Crippen LogP contribution < -0.4 is 15.2 Å². The number of nitrogens with two attached hydrogens (primary N) is 1. The minimum atomic E-state index is -0.376. The Labute approximate surface area is 223 Å². The lowest BCUT2D eigenvalue weighted by Gasteiger charge is -2.39. The molecule has 0 amide bonds. The fourth-order valence-corrected chi connectivity index (χ4v) is 5.00. The molecule has 3 aromatic heterocycles. The second-order valence-electron chi connectivity index (χ2n) is 10.5. The zero-order chi connectivity index (χ0) is 26.7. The van der Waals surface area contributed by atoms with Crippen molar-refractivity contribution in [3.8, 4) is 28.8 Å². The van der Waals surface area contributed by atoms with Gasteiger partial charge in [-0.1, -0.05) is 44.2 Å². The van der Waals surface area contributed by atoms with E-state index < -0.39 is 0 Å². The van der Waals surface area contributed by atoms with E-state index in [-0.39, 0.29) is 5.54 Å². The van der Waals surface area contributed by atoms with E-state index in [0.29, 0.717) is 24.0 Å². The number of benzene rings is 1. The van der Waals surface area contributed by atoms with Gasteiger partial charge in [-0.3, -0.25) is 4.90 Å². The molecule has 1 aliphatic rings. The summed E-state index contributed by atoms with van der Waals surface area (Å²) in [6.07, 6.45) is 7.06. The zero-order valence-electron chi connectivity index (χ0n) is 22.2. The van der Waals surface area contributed by atoms with Crippen LogP contribution >= 0.6 is 0 Å². The van der Waals surface area contributed by atoms with Crippen molar-refractivity contribution in [1.29, 1.82) is 5.26 Å². The largest absolute Gasteiger partial charge is 0.492 e. The molecule has 1 aromatic carbocycles. The normalized spacial score (nSPS) is 15.5. The van der Waals surface area contributed by atoms with E-state index in [1.54, 1.807) is 17.8 Å². The number of nitrogens with zero attached hydrogens (tertiary/aromatic N) is 5. The van der Waals surface area contributed by atoms with Gasteiger partial charge in [0.05, 0.1) is 37.2 Å². The highest BCUT2D eigenvalue weighted by atomic mass is 16.5. The first-order valence-electron chi connectivity index (χ1n) is 13.0. The van der Waals surface area contributed by atoms with Gasteiger partial charge in [-0.15, -0.1) is 0 Å². The predicted molar refractivity (Wildman–Crippen MR) is 147 cm³/mol. The van der Waals surface area contributed by atoms with Crippen LogP contribution in [0.4, 0.5) is 0 Å². The highest BCUT2D eigenvalue weighted by Gasteiger charge is 2.32. The molecule has 4 heterocycles. The first-order chi connectivity index (χ1) is 18.4. The van der Waals surface area contributed by atoms with E-state index in [9.17, 15) is 5.26 Å². The molecule has 0 atom stereocenters. The molecule has 0 bridgehead atoms. The summed E-state index contributed by atoms with van der Waals surface area (Å²) in [5, 5.41) is 14.1. The van der Waals surface area contributed by atoms with Gasteiger partial charge in [0.15, 0.2) is 0 Å². The topological polar surface area (TPSA) is 102 Å². The number of rotatable bonds is 8. The molecule has 8 heteroatoms. The highest BCUT2D eigenvalue weighted by molar-refractivity contribution is 5.85. The average molecular weight is 511 g/mol. The molecule has 196 valence electrons. The Bertz CT molecular complexity index is 1430. The van der Waals surface area contributed by atoms with Crippen molar-refractivity contribution in [2.75, 3.05) is 26.8 Å². The van der Waals surface area contributed by atoms with Gasteiger partial charge in [0.25, 0.3) is 0 Å². The van der Waals surface area contributed by atoms with Crippen LogP contribution in [-0.2, 0) is 12.1 Å². The molecule has 5 rings (SSSR count).